The quantitative estimate of drug-likeness (QED) is 0.759. The first-order chi connectivity index (χ1) is 7.58. The van der Waals surface area contributed by atoms with Gasteiger partial charge in [-0.15, -0.1) is 0 Å². The molecule has 0 aromatic carbocycles. The Hall–Kier alpha value is -1.10. The summed E-state index contributed by atoms with van der Waals surface area (Å²) in [6.45, 7) is 2.20. The molecule has 0 aromatic heterocycles. The molecule has 1 N–H and O–H groups in total. The summed E-state index contributed by atoms with van der Waals surface area (Å²) in [6.07, 6.45) is 2.69. The molecule has 1 amide bonds. The Labute approximate surface area is 94.4 Å². The minimum absolute atomic E-state index is 0.0470. The zero-order chi connectivity index (χ0) is 11.7. The fraction of sp³-hybridized carbons (Fsp3) is 0.818. The van der Waals surface area contributed by atoms with Crippen molar-refractivity contribution in [1.29, 1.82) is 0 Å². The molecular weight excluding hydrogens is 210 g/mol. The topological polar surface area (TPSA) is 66.8 Å². The molecule has 1 saturated carbocycles. The molecule has 0 spiro atoms. The standard InChI is InChI=1S/C11H17NO4/c1-7-4-8(6-16-7)11(15)12(5-10(13)14)9-2-3-9/h7-9H,2-6H2,1H3,(H,13,14). The van der Waals surface area contributed by atoms with E-state index in [0.29, 0.717) is 13.0 Å². The van der Waals surface area contributed by atoms with Gasteiger partial charge in [0, 0.05) is 6.04 Å². The molecule has 0 bridgehead atoms. The lowest BCUT2D eigenvalue weighted by molar-refractivity contribution is -0.146. The number of hydrogen-bond donors (Lipinski definition) is 1. The second-order valence-corrected chi connectivity index (χ2v) is 4.67. The van der Waals surface area contributed by atoms with Gasteiger partial charge in [0.15, 0.2) is 0 Å². The summed E-state index contributed by atoms with van der Waals surface area (Å²) in [5.74, 6) is -1.13. The van der Waals surface area contributed by atoms with Crippen LogP contribution in [0.1, 0.15) is 26.2 Å². The number of amides is 1. The largest absolute Gasteiger partial charge is 0.480 e. The van der Waals surface area contributed by atoms with Gasteiger partial charge in [-0.25, -0.2) is 0 Å². The van der Waals surface area contributed by atoms with Crippen molar-refractivity contribution in [3.8, 4) is 0 Å². The average molecular weight is 227 g/mol. The third-order valence-electron chi connectivity index (χ3n) is 3.12. The van der Waals surface area contributed by atoms with Crippen molar-refractivity contribution in [3.05, 3.63) is 0 Å². The van der Waals surface area contributed by atoms with Gasteiger partial charge in [0.2, 0.25) is 5.91 Å². The molecule has 5 heteroatoms. The maximum absolute atomic E-state index is 12.1. The molecule has 0 aromatic rings. The van der Waals surface area contributed by atoms with E-state index in [0.717, 1.165) is 12.8 Å². The lowest BCUT2D eigenvalue weighted by atomic mass is 10.0. The van der Waals surface area contributed by atoms with E-state index in [-0.39, 0.29) is 30.5 Å². The third-order valence-corrected chi connectivity index (χ3v) is 3.12. The summed E-state index contributed by atoms with van der Waals surface area (Å²) in [4.78, 5) is 24.3. The molecule has 16 heavy (non-hydrogen) atoms. The number of carbonyl (C=O) groups is 2. The van der Waals surface area contributed by atoms with E-state index < -0.39 is 5.97 Å². The normalized spacial score (nSPS) is 29.1. The van der Waals surface area contributed by atoms with Crippen LogP contribution < -0.4 is 0 Å². The van der Waals surface area contributed by atoms with Crippen molar-refractivity contribution in [2.45, 2.75) is 38.3 Å². The molecule has 2 atom stereocenters. The zero-order valence-electron chi connectivity index (χ0n) is 9.39. The molecule has 1 aliphatic carbocycles. The Balaban J connectivity index is 1.96. The fourth-order valence-corrected chi connectivity index (χ4v) is 2.14. The Kier molecular flexibility index (Phi) is 3.14. The number of rotatable bonds is 4. The lowest BCUT2D eigenvalue weighted by Gasteiger charge is -2.23. The Morgan fingerprint density at radius 3 is 2.56 bits per heavy atom. The van der Waals surface area contributed by atoms with Gasteiger partial charge >= 0.3 is 5.97 Å². The van der Waals surface area contributed by atoms with Crippen molar-refractivity contribution in [3.63, 3.8) is 0 Å². The van der Waals surface area contributed by atoms with Crippen molar-refractivity contribution < 1.29 is 19.4 Å². The second kappa shape index (κ2) is 4.41. The highest BCUT2D eigenvalue weighted by Crippen LogP contribution is 2.30. The van der Waals surface area contributed by atoms with Crippen molar-refractivity contribution in [1.82, 2.24) is 4.90 Å². The maximum Gasteiger partial charge on any atom is 0.323 e. The summed E-state index contributed by atoms with van der Waals surface area (Å²) >= 11 is 0. The van der Waals surface area contributed by atoms with Crippen LogP contribution in [0.15, 0.2) is 0 Å². The van der Waals surface area contributed by atoms with Crippen LogP contribution in [-0.2, 0) is 14.3 Å². The van der Waals surface area contributed by atoms with Crippen LogP contribution in [0.4, 0.5) is 0 Å². The number of nitrogens with zero attached hydrogens (tertiary/aromatic N) is 1. The molecule has 2 unspecified atom stereocenters. The van der Waals surface area contributed by atoms with Crippen molar-refractivity contribution in [2.75, 3.05) is 13.2 Å². The van der Waals surface area contributed by atoms with Gasteiger partial charge < -0.3 is 14.7 Å². The van der Waals surface area contributed by atoms with Gasteiger partial charge in [-0.3, -0.25) is 9.59 Å². The maximum atomic E-state index is 12.1. The average Bonchev–Trinajstić information content (AvgIpc) is 2.96. The first-order valence-corrected chi connectivity index (χ1v) is 5.72. The van der Waals surface area contributed by atoms with E-state index in [1.807, 2.05) is 6.92 Å². The first kappa shape index (κ1) is 11.4. The van der Waals surface area contributed by atoms with Crippen LogP contribution in [-0.4, -0.2) is 47.2 Å². The highest BCUT2D eigenvalue weighted by Gasteiger charge is 2.39. The number of ether oxygens (including phenoxy) is 1. The highest BCUT2D eigenvalue weighted by molar-refractivity contribution is 5.84. The van der Waals surface area contributed by atoms with E-state index in [9.17, 15) is 9.59 Å². The van der Waals surface area contributed by atoms with Gasteiger partial charge in [0.25, 0.3) is 0 Å². The second-order valence-electron chi connectivity index (χ2n) is 4.67. The van der Waals surface area contributed by atoms with Crippen LogP contribution >= 0.6 is 0 Å². The number of aliphatic carboxylic acids is 1. The smallest absolute Gasteiger partial charge is 0.323 e. The van der Waals surface area contributed by atoms with Crippen LogP contribution in [0.25, 0.3) is 0 Å². The number of carboxylic acids is 1. The molecule has 2 fully saturated rings. The number of carboxylic acid groups (broad SMARTS) is 1. The third kappa shape index (κ3) is 2.52. The van der Waals surface area contributed by atoms with E-state index >= 15 is 0 Å². The Morgan fingerprint density at radius 1 is 1.44 bits per heavy atom. The minimum atomic E-state index is -0.938. The minimum Gasteiger partial charge on any atom is -0.480 e. The van der Waals surface area contributed by atoms with Crippen LogP contribution in [0.5, 0.6) is 0 Å². The van der Waals surface area contributed by atoms with Crippen LogP contribution in [0.2, 0.25) is 0 Å². The van der Waals surface area contributed by atoms with Crippen LogP contribution in [0, 0.1) is 5.92 Å². The Bertz CT molecular complexity index is 300. The van der Waals surface area contributed by atoms with Gasteiger partial charge in [-0.1, -0.05) is 0 Å². The monoisotopic (exact) mass is 227 g/mol. The summed E-state index contributed by atoms with van der Waals surface area (Å²) in [5, 5.41) is 8.78. The lowest BCUT2D eigenvalue weighted by Crippen LogP contribution is -2.41. The van der Waals surface area contributed by atoms with E-state index in [1.54, 1.807) is 0 Å². The summed E-state index contributed by atoms with van der Waals surface area (Å²) in [5.41, 5.74) is 0. The summed E-state index contributed by atoms with van der Waals surface area (Å²) < 4.78 is 5.35. The SMILES string of the molecule is CC1CC(C(=O)N(CC(=O)O)C2CC2)CO1. The van der Waals surface area contributed by atoms with E-state index in [2.05, 4.69) is 0 Å². The predicted octanol–water partition coefficient (Wildman–Crippen LogP) is 0.487. The van der Waals surface area contributed by atoms with Gasteiger partial charge in [-0.05, 0) is 26.2 Å². The molecule has 0 radical (unpaired) electrons. The molecule has 90 valence electrons. The van der Waals surface area contributed by atoms with E-state index in [4.69, 9.17) is 9.84 Å². The highest BCUT2D eigenvalue weighted by atomic mass is 16.5. The fourth-order valence-electron chi connectivity index (χ4n) is 2.14. The molecule has 2 rings (SSSR count). The molecule has 2 aliphatic rings. The number of carbonyl (C=O) groups excluding carboxylic acids is 1. The summed E-state index contributed by atoms with van der Waals surface area (Å²) in [6, 6.07) is 0.152. The molecule has 1 heterocycles. The van der Waals surface area contributed by atoms with Gasteiger partial charge in [0.1, 0.15) is 6.54 Å². The van der Waals surface area contributed by atoms with Gasteiger partial charge in [-0.2, -0.15) is 0 Å². The predicted molar refractivity (Wildman–Crippen MR) is 55.9 cm³/mol. The molecule has 1 aliphatic heterocycles. The van der Waals surface area contributed by atoms with Gasteiger partial charge in [0.05, 0.1) is 18.6 Å². The van der Waals surface area contributed by atoms with Crippen molar-refractivity contribution in [2.24, 2.45) is 5.92 Å². The molecule has 1 saturated heterocycles. The zero-order valence-corrected chi connectivity index (χ0v) is 9.39. The molecule has 5 nitrogen and oxygen atoms in total. The summed E-state index contributed by atoms with van der Waals surface area (Å²) in [7, 11) is 0. The van der Waals surface area contributed by atoms with Crippen molar-refractivity contribution >= 4 is 11.9 Å². The Morgan fingerprint density at radius 2 is 2.12 bits per heavy atom. The number of hydrogen-bond acceptors (Lipinski definition) is 3. The first-order valence-electron chi connectivity index (χ1n) is 5.72. The van der Waals surface area contributed by atoms with Crippen LogP contribution in [0.3, 0.4) is 0 Å². The molecular formula is C11H17NO4. The van der Waals surface area contributed by atoms with E-state index in [1.165, 1.54) is 4.90 Å².